The Morgan fingerprint density at radius 1 is 0.900 bits per heavy atom. The molecule has 6 heteroatoms. The molecule has 0 bridgehead atoms. The zero-order valence-electron chi connectivity index (χ0n) is 16.7. The van der Waals surface area contributed by atoms with Gasteiger partial charge in [0, 0.05) is 12.1 Å². The SMILES string of the molecule is COCc1ccc(C(O)(CF)COCc2cccc(Oc3ccc(Cl)cc3)c2)cc1. The van der Waals surface area contributed by atoms with Gasteiger partial charge in [-0.25, -0.2) is 4.39 Å². The van der Waals surface area contributed by atoms with E-state index in [-0.39, 0.29) is 13.2 Å². The van der Waals surface area contributed by atoms with E-state index in [0.717, 1.165) is 11.1 Å². The lowest BCUT2D eigenvalue weighted by Gasteiger charge is -2.25. The molecule has 0 saturated heterocycles. The van der Waals surface area contributed by atoms with Gasteiger partial charge in [0.15, 0.2) is 0 Å². The van der Waals surface area contributed by atoms with Crippen LogP contribution in [0.4, 0.5) is 4.39 Å². The van der Waals surface area contributed by atoms with Crippen LogP contribution in [0.2, 0.25) is 5.02 Å². The molecule has 1 N–H and O–H groups in total. The molecular formula is C24H24ClFO4. The molecule has 0 saturated carbocycles. The average Bonchev–Trinajstić information content (AvgIpc) is 2.76. The van der Waals surface area contributed by atoms with Crippen LogP contribution in [0.3, 0.4) is 0 Å². The van der Waals surface area contributed by atoms with E-state index in [1.54, 1.807) is 55.6 Å². The number of alkyl halides is 1. The maximum atomic E-state index is 13.7. The molecule has 0 aromatic heterocycles. The van der Waals surface area contributed by atoms with Crippen molar-refractivity contribution < 1.29 is 23.7 Å². The topological polar surface area (TPSA) is 47.9 Å². The molecule has 0 aliphatic heterocycles. The second kappa shape index (κ2) is 10.5. The Morgan fingerprint density at radius 2 is 1.63 bits per heavy atom. The van der Waals surface area contributed by atoms with Gasteiger partial charge in [-0.15, -0.1) is 0 Å². The van der Waals surface area contributed by atoms with E-state index in [1.165, 1.54) is 0 Å². The first-order valence-corrected chi connectivity index (χ1v) is 9.87. The van der Waals surface area contributed by atoms with Crippen LogP contribution in [0.1, 0.15) is 16.7 Å². The van der Waals surface area contributed by atoms with E-state index in [2.05, 4.69) is 0 Å². The van der Waals surface area contributed by atoms with Crippen molar-refractivity contribution in [1.82, 2.24) is 0 Å². The fourth-order valence-corrected chi connectivity index (χ4v) is 3.08. The van der Waals surface area contributed by atoms with Crippen LogP contribution in [0, 0.1) is 0 Å². The van der Waals surface area contributed by atoms with Crippen molar-refractivity contribution in [3.63, 3.8) is 0 Å². The summed E-state index contributed by atoms with van der Waals surface area (Å²) in [5.41, 5.74) is 0.548. The third-order valence-corrected chi connectivity index (χ3v) is 4.83. The molecule has 0 amide bonds. The van der Waals surface area contributed by atoms with Gasteiger partial charge in [-0.2, -0.15) is 0 Å². The monoisotopic (exact) mass is 430 g/mol. The summed E-state index contributed by atoms with van der Waals surface area (Å²) in [7, 11) is 1.61. The first-order valence-electron chi connectivity index (χ1n) is 9.49. The van der Waals surface area contributed by atoms with Crippen LogP contribution in [0.15, 0.2) is 72.8 Å². The van der Waals surface area contributed by atoms with Crippen LogP contribution in [0.5, 0.6) is 11.5 Å². The molecule has 1 unspecified atom stereocenters. The van der Waals surface area contributed by atoms with Crippen LogP contribution in [-0.4, -0.2) is 25.5 Å². The van der Waals surface area contributed by atoms with E-state index >= 15 is 0 Å². The summed E-state index contributed by atoms with van der Waals surface area (Å²) in [5.74, 6) is 1.31. The molecule has 3 aromatic rings. The molecule has 0 aliphatic carbocycles. The maximum Gasteiger partial charge on any atom is 0.141 e. The van der Waals surface area contributed by atoms with Gasteiger partial charge >= 0.3 is 0 Å². The minimum absolute atomic E-state index is 0.171. The van der Waals surface area contributed by atoms with E-state index in [9.17, 15) is 9.50 Å². The standard InChI is InChI=1S/C24H24ClFO4/c1-28-14-18-5-7-20(8-6-18)24(27,16-26)17-29-15-19-3-2-4-23(13-19)30-22-11-9-21(25)10-12-22/h2-13,27H,14-17H2,1H3. The number of methoxy groups -OCH3 is 1. The Balaban J connectivity index is 1.59. The Kier molecular flexibility index (Phi) is 7.82. The van der Waals surface area contributed by atoms with Crippen molar-refractivity contribution in [2.75, 3.05) is 20.4 Å². The molecule has 3 aromatic carbocycles. The predicted molar refractivity (Wildman–Crippen MR) is 115 cm³/mol. The largest absolute Gasteiger partial charge is 0.457 e. The minimum atomic E-state index is -1.71. The van der Waals surface area contributed by atoms with Crippen LogP contribution in [0.25, 0.3) is 0 Å². The van der Waals surface area contributed by atoms with Crippen LogP contribution >= 0.6 is 11.6 Å². The minimum Gasteiger partial charge on any atom is -0.457 e. The second-order valence-corrected chi connectivity index (χ2v) is 7.43. The molecule has 0 radical (unpaired) electrons. The Bertz CT molecular complexity index is 931. The molecule has 0 heterocycles. The fraction of sp³-hybridized carbons (Fsp3) is 0.250. The summed E-state index contributed by atoms with van der Waals surface area (Å²) >= 11 is 5.89. The van der Waals surface area contributed by atoms with Crippen LogP contribution in [-0.2, 0) is 28.3 Å². The van der Waals surface area contributed by atoms with E-state index in [0.29, 0.717) is 28.7 Å². The first kappa shape index (κ1) is 22.2. The summed E-state index contributed by atoms with van der Waals surface area (Å²) in [6, 6.07) is 21.5. The molecule has 158 valence electrons. The van der Waals surface area contributed by atoms with Crippen molar-refractivity contribution in [3.05, 3.63) is 94.5 Å². The van der Waals surface area contributed by atoms with Crippen molar-refractivity contribution in [2.45, 2.75) is 18.8 Å². The Morgan fingerprint density at radius 3 is 2.30 bits per heavy atom. The second-order valence-electron chi connectivity index (χ2n) is 6.99. The molecule has 30 heavy (non-hydrogen) atoms. The lowest BCUT2D eigenvalue weighted by molar-refractivity contribution is -0.0699. The van der Waals surface area contributed by atoms with Crippen molar-refractivity contribution in [1.29, 1.82) is 0 Å². The molecular weight excluding hydrogens is 407 g/mol. The van der Waals surface area contributed by atoms with Gasteiger partial charge in [0.2, 0.25) is 0 Å². The van der Waals surface area contributed by atoms with Gasteiger partial charge in [-0.05, 0) is 53.1 Å². The summed E-state index contributed by atoms with van der Waals surface area (Å²) in [5, 5.41) is 11.3. The highest BCUT2D eigenvalue weighted by Gasteiger charge is 2.30. The van der Waals surface area contributed by atoms with Gasteiger partial charge in [0.1, 0.15) is 23.8 Å². The summed E-state index contributed by atoms with van der Waals surface area (Å²) in [6.07, 6.45) is 0. The number of hydrogen-bond acceptors (Lipinski definition) is 4. The Labute approximate surface area is 180 Å². The molecule has 0 fully saturated rings. The van der Waals surface area contributed by atoms with E-state index in [1.807, 2.05) is 24.3 Å². The molecule has 3 rings (SSSR count). The molecule has 4 nitrogen and oxygen atoms in total. The third kappa shape index (κ3) is 6.03. The van der Waals surface area contributed by atoms with Gasteiger partial charge in [0.25, 0.3) is 0 Å². The highest BCUT2D eigenvalue weighted by Crippen LogP contribution is 2.26. The van der Waals surface area contributed by atoms with Gasteiger partial charge < -0.3 is 19.3 Å². The highest BCUT2D eigenvalue weighted by molar-refractivity contribution is 6.30. The predicted octanol–water partition coefficient (Wildman–Crippen LogP) is 5.65. The van der Waals surface area contributed by atoms with Crippen LogP contribution < -0.4 is 4.74 Å². The zero-order valence-corrected chi connectivity index (χ0v) is 17.4. The summed E-state index contributed by atoms with van der Waals surface area (Å²) in [4.78, 5) is 0. The van der Waals surface area contributed by atoms with Gasteiger partial charge in [-0.1, -0.05) is 48.0 Å². The smallest absolute Gasteiger partial charge is 0.141 e. The number of hydrogen-bond donors (Lipinski definition) is 1. The number of aliphatic hydroxyl groups is 1. The lowest BCUT2D eigenvalue weighted by atomic mass is 9.95. The molecule has 1 atom stereocenters. The third-order valence-electron chi connectivity index (χ3n) is 4.58. The molecule has 0 aliphatic rings. The maximum absolute atomic E-state index is 13.7. The van der Waals surface area contributed by atoms with Crippen molar-refractivity contribution in [2.24, 2.45) is 0 Å². The van der Waals surface area contributed by atoms with E-state index in [4.69, 9.17) is 25.8 Å². The van der Waals surface area contributed by atoms with Gasteiger partial charge in [-0.3, -0.25) is 0 Å². The first-order chi connectivity index (χ1) is 14.5. The summed E-state index contributed by atoms with van der Waals surface area (Å²) < 4.78 is 30.2. The number of benzene rings is 3. The Hall–Kier alpha value is -2.44. The number of ether oxygens (including phenoxy) is 3. The fourth-order valence-electron chi connectivity index (χ4n) is 2.95. The van der Waals surface area contributed by atoms with Crippen molar-refractivity contribution in [3.8, 4) is 11.5 Å². The zero-order chi connectivity index (χ0) is 21.4. The molecule has 0 spiro atoms. The number of rotatable bonds is 10. The number of halogens is 2. The average molecular weight is 431 g/mol. The lowest BCUT2D eigenvalue weighted by Crippen LogP contribution is -2.34. The van der Waals surface area contributed by atoms with E-state index < -0.39 is 12.3 Å². The normalized spacial score (nSPS) is 13.1. The summed E-state index contributed by atoms with van der Waals surface area (Å²) in [6.45, 7) is -0.452. The van der Waals surface area contributed by atoms with Gasteiger partial charge in [0.05, 0.1) is 19.8 Å². The van der Waals surface area contributed by atoms with Crippen molar-refractivity contribution >= 4 is 11.6 Å². The quantitative estimate of drug-likeness (QED) is 0.451. The highest BCUT2D eigenvalue weighted by atomic mass is 35.5.